The molecule has 0 spiro atoms. The number of nitrogens with zero attached hydrogens (tertiary/aromatic N) is 4. The van der Waals surface area contributed by atoms with Gasteiger partial charge in [0.25, 0.3) is 0 Å². The van der Waals surface area contributed by atoms with Gasteiger partial charge in [0.1, 0.15) is 6.33 Å². The third-order valence-electron chi connectivity index (χ3n) is 1.34. The zero-order chi connectivity index (χ0) is 7.68. The van der Waals surface area contributed by atoms with Crippen molar-refractivity contribution in [2.24, 2.45) is 5.84 Å². The molecule has 0 fully saturated rings. The standard InChI is InChI=1S/C5H6N6/c6-10-5-2-7-1-4-8-3-9-11(4)5/h1-3,10H,6H2. The molecular weight excluding hydrogens is 144 g/mol. The van der Waals surface area contributed by atoms with E-state index in [0.717, 1.165) is 0 Å². The average Bonchev–Trinajstić information content (AvgIpc) is 2.50. The minimum absolute atomic E-state index is 0.611. The van der Waals surface area contributed by atoms with Crippen molar-refractivity contribution in [1.29, 1.82) is 0 Å². The second kappa shape index (κ2) is 2.17. The highest BCUT2D eigenvalue weighted by Gasteiger charge is 1.98. The maximum Gasteiger partial charge on any atom is 0.175 e. The Labute approximate surface area is 62.0 Å². The van der Waals surface area contributed by atoms with Gasteiger partial charge >= 0.3 is 0 Å². The minimum atomic E-state index is 0.611. The van der Waals surface area contributed by atoms with Crippen LogP contribution in [0.15, 0.2) is 18.7 Å². The summed E-state index contributed by atoms with van der Waals surface area (Å²) in [4.78, 5) is 7.81. The minimum Gasteiger partial charge on any atom is -0.307 e. The Bertz CT molecular complexity index is 366. The fourth-order valence-corrected chi connectivity index (χ4v) is 0.852. The molecule has 2 heterocycles. The third kappa shape index (κ3) is 0.802. The van der Waals surface area contributed by atoms with E-state index in [4.69, 9.17) is 5.84 Å². The van der Waals surface area contributed by atoms with Crippen LogP contribution < -0.4 is 11.3 Å². The van der Waals surface area contributed by atoms with Crippen molar-refractivity contribution in [3.63, 3.8) is 0 Å². The highest BCUT2D eigenvalue weighted by Crippen LogP contribution is 2.03. The number of rotatable bonds is 1. The van der Waals surface area contributed by atoms with Crippen molar-refractivity contribution < 1.29 is 0 Å². The summed E-state index contributed by atoms with van der Waals surface area (Å²) >= 11 is 0. The van der Waals surface area contributed by atoms with Crippen LogP contribution in [-0.2, 0) is 0 Å². The molecule has 2 rings (SSSR count). The van der Waals surface area contributed by atoms with E-state index in [1.54, 1.807) is 16.9 Å². The molecule has 0 aliphatic rings. The van der Waals surface area contributed by atoms with Gasteiger partial charge in [0.05, 0.1) is 12.4 Å². The first-order valence-electron chi connectivity index (χ1n) is 3.02. The van der Waals surface area contributed by atoms with Crippen molar-refractivity contribution in [3.05, 3.63) is 18.7 Å². The number of anilines is 1. The van der Waals surface area contributed by atoms with Crippen LogP contribution in [0, 0.1) is 0 Å². The van der Waals surface area contributed by atoms with E-state index >= 15 is 0 Å². The van der Waals surface area contributed by atoms with Crippen LogP contribution in [0.3, 0.4) is 0 Å². The van der Waals surface area contributed by atoms with Crippen molar-refractivity contribution in [3.8, 4) is 0 Å². The summed E-state index contributed by atoms with van der Waals surface area (Å²) in [6.07, 6.45) is 4.62. The lowest BCUT2D eigenvalue weighted by Gasteiger charge is -1.99. The smallest absolute Gasteiger partial charge is 0.175 e. The van der Waals surface area contributed by atoms with Crippen LogP contribution in [0.25, 0.3) is 5.65 Å². The Morgan fingerprint density at radius 1 is 1.45 bits per heavy atom. The monoisotopic (exact) mass is 150 g/mol. The molecule has 0 aromatic carbocycles. The normalized spacial score (nSPS) is 10.3. The molecule has 0 saturated heterocycles. The predicted octanol–water partition coefficient (Wildman–Crippen LogP) is -0.590. The van der Waals surface area contributed by atoms with Gasteiger partial charge in [-0.05, 0) is 0 Å². The van der Waals surface area contributed by atoms with E-state index < -0.39 is 0 Å². The van der Waals surface area contributed by atoms with Crippen LogP contribution in [0.2, 0.25) is 0 Å². The average molecular weight is 150 g/mol. The van der Waals surface area contributed by atoms with Gasteiger partial charge in [0.15, 0.2) is 11.5 Å². The Morgan fingerprint density at radius 2 is 2.36 bits per heavy atom. The Balaban J connectivity index is 2.79. The first-order chi connectivity index (χ1) is 5.42. The number of nitrogens with one attached hydrogen (secondary N) is 1. The molecule has 11 heavy (non-hydrogen) atoms. The summed E-state index contributed by atoms with van der Waals surface area (Å²) in [5.74, 6) is 5.81. The molecule has 0 saturated carbocycles. The van der Waals surface area contributed by atoms with Crippen LogP contribution >= 0.6 is 0 Å². The molecule has 0 radical (unpaired) electrons. The first-order valence-corrected chi connectivity index (χ1v) is 3.02. The number of fused-ring (bicyclic) bond motifs is 1. The summed E-state index contributed by atoms with van der Waals surface area (Å²) in [6.45, 7) is 0. The first kappa shape index (κ1) is 6.05. The van der Waals surface area contributed by atoms with Gasteiger partial charge in [-0.3, -0.25) is 4.98 Å². The fraction of sp³-hybridized carbons (Fsp3) is 0. The number of hydrogen-bond acceptors (Lipinski definition) is 5. The predicted molar refractivity (Wildman–Crippen MR) is 38.6 cm³/mol. The van der Waals surface area contributed by atoms with Gasteiger partial charge < -0.3 is 5.43 Å². The Morgan fingerprint density at radius 3 is 3.18 bits per heavy atom. The molecule has 0 aliphatic heterocycles. The molecule has 56 valence electrons. The summed E-state index contributed by atoms with van der Waals surface area (Å²) in [5, 5.41) is 3.91. The third-order valence-corrected chi connectivity index (χ3v) is 1.34. The van der Waals surface area contributed by atoms with Crippen LogP contribution in [0.1, 0.15) is 0 Å². The van der Waals surface area contributed by atoms with E-state index in [1.807, 2.05) is 0 Å². The van der Waals surface area contributed by atoms with E-state index in [2.05, 4.69) is 20.5 Å². The SMILES string of the molecule is NNc1cncc2ncnn12. The number of nitrogens with two attached hydrogens (primary N) is 1. The van der Waals surface area contributed by atoms with Crippen molar-refractivity contribution in [1.82, 2.24) is 19.6 Å². The summed E-state index contributed by atoms with van der Waals surface area (Å²) in [7, 11) is 0. The summed E-state index contributed by atoms with van der Waals surface area (Å²) in [5.41, 5.74) is 3.12. The fourth-order valence-electron chi connectivity index (χ4n) is 0.852. The Kier molecular flexibility index (Phi) is 1.19. The van der Waals surface area contributed by atoms with E-state index in [9.17, 15) is 0 Å². The number of hydrogen-bond donors (Lipinski definition) is 2. The zero-order valence-electron chi connectivity index (χ0n) is 5.60. The van der Waals surface area contributed by atoms with Crippen molar-refractivity contribution >= 4 is 11.5 Å². The largest absolute Gasteiger partial charge is 0.307 e. The molecule has 0 bridgehead atoms. The molecule has 0 unspecified atom stereocenters. The molecule has 0 atom stereocenters. The summed E-state index contributed by atoms with van der Waals surface area (Å²) < 4.78 is 1.56. The molecule has 6 heteroatoms. The van der Waals surface area contributed by atoms with E-state index in [-0.39, 0.29) is 0 Å². The molecule has 2 aromatic rings. The van der Waals surface area contributed by atoms with Crippen molar-refractivity contribution in [2.75, 3.05) is 5.43 Å². The van der Waals surface area contributed by atoms with Crippen LogP contribution in [0.4, 0.5) is 5.82 Å². The van der Waals surface area contributed by atoms with Gasteiger partial charge in [-0.2, -0.15) is 9.61 Å². The van der Waals surface area contributed by atoms with Gasteiger partial charge in [-0.15, -0.1) is 0 Å². The molecule has 2 aromatic heterocycles. The molecule has 3 N–H and O–H groups in total. The molecule has 6 nitrogen and oxygen atoms in total. The quantitative estimate of drug-likeness (QED) is 0.419. The van der Waals surface area contributed by atoms with Crippen LogP contribution in [0.5, 0.6) is 0 Å². The van der Waals surface area contributed by atoms with Crippen molar-refractivity contribution in [2.45, 2.75) is 0 Å². The molecular formula is C5H6N6. The lowest BCUT2D eigenvalue weighted by atomic mass is 10.6. The number of hydrazine groups is 1. The highest BCUT2D eigenvalue weighted by atomic mass is 15.4. The second-order valence-electron chi connectivity index (χ2n) is 1.97. The Hall–Kier alpha value is -1.69. The lowest BCUT2D eigenvalue weighted by Crippen LogP contribution is -2.11. The second-order valence-corrected chi connectivity index (χ2v) is 1.97. The topological polar surface area (TPSA) is 81.1 Å². The summed E-state index contributed by atoms with van der Waals surface area (Å²) in [6, 6.07) is 0. The zero-order valence-corrected chi connectivity index (χ0v) is 5.60. The maximum atomic E-state index is 5.20. The molecule has 0 aliphatic carbocycles. The van der Waals surface area contributed by atoms with E-state index in [1.165, 1.54) is 6.33 Å². The van der Waals surface area contributed by atoms with Gasteiger partial charge in [0.2, 0.25) is 0 Å². The van der Waals surface area contributed by atoms with Gasteiger partial charge in [0, 0.05) is 0 Å². The number of nitrogen functional groups attached to an aromatic ring is 1. The molecule has 0 amide bonds. The van der Waals surface area contributed by atoms with Gasteiger partial charge in [-0.25, -0.2) is 10.8 Å². The maximum absolute atomic E-state index is 5.20. The number of aromatic nitrogens is 4. The van der Waals surface area contributed by atoms with Gasteiger partial charge in [-0.1, -0.05) is 0 Å². The van der Waals surface area contributed by atoms with E-state index in [0.29, 0.717) is 11.5 Å². The highest BCUT2D eigenvalue weighted by molar-refractivity contribution is 5.43. The van der Waals surface area contributed by atoms with Crippen LogP contribution in [-0.4, -0.2) is 19.6 Å². The lowest BCUT2D eigenvalue weighted by molar-refractivity contribution is 0.942.